The number of alkyl halides is 3. The standard InChI is InChI=1S/C27H26F3N7O4/c1-40-12-7-23(38)36-10-13-41-21(16-36)24-20-15-32-9-11-37(20,31)25(35-24)17-2-4-18(5-3-17)26(39)34-22-14-19(6-8-33-22)27(28,29)30/h2-6,8-9,11,14-15,21H,7,10,12-13,16,31H2,1H3/p+1/t21-,37?/m1/s1. The summed E-state index contributed by atoms with van der Waals surface area (Å²) in [4.78, 5) is 39.9. The first-order valence-corrected chi connectivity index (χ1v) is 12.7. The van der Waals surface area contributed by atoms with E-state index < -0.39 is 23.8 Å². The van der Waals surface area contributed by atoms with E-state index in [0.29, 0.717) is 49.1 Å². The molecule has 1 aromatic heterocycles. The minimum atomic E-state index is -4.56. The molecule has 11 nitrogen and oxygen atoms in total. The molecule has 0 radical (unpaired) electrons. The second-order valence-corrected chi connectivity index (χ2v) is 9.46. The Morgan fingerprint density at radius 3 is 2.76 bits per heavy atom. The highest BCUT2D eigenvalue weighted by atomic mass is 19.4. The molecule has 3 aliphatic rings. The number of amides is 2. The van der Waals surface area contributed by atoms with Gasteiger partial charge >= 0.3 is 6.18 Å². The summed E-state index contributed by atoms with van der Waals surface area (Å²) in [5.74, 6) is 6.32. The Bertz CT molecular complexity index is 1470. The van der Waals surface area contributed by atoms with Gasteiger partial charge in [-0.15, -0.1) is 4.59 Å². The molecule has 0 spiro atoms. The van der Waals surface area contributed by atoms with Gasteiger partial charge in [0.25, 0.3) is 11.7 Å². The molecular formula is C27H27F3N7O4+. The van der Waals surface area contributed by atoms with Gasteiger partial charge in [0.2, 0.25) is 11.6 Å². The minimum absolute atomic E-state index is 0.0483. The number of nitrogens with one attached hydrogen (secondary N) is 1. The van der Waals surface area contributed by atoms with E-state index in [-0.39, 0.29) is 28.3 Å². The number of allylic oxidation sites excluding steroid dienone is 1. The number of anilines is 1. The van der Waals surface area contributed by atoms with Crippen LogP contribution < -0.4 is 11.2 Å². The van der Waals surface area contributed by atoms with Crippen LogP contribution in [0.5, 0.6) is 0 Å². The SMILES string of the molecule is COCCC(=O)N1CCO[C@@H](C2=C3C=NC=C[N+]3(N)C(c3ccc(C(=O)Nc4cc(C(F)(F)F)ccn4)cc3)=N2)C1. The van der Waals surface area contributed by atoms with Crippen LogP contribution in [0.25, 0.3) is 0 Å². The van der Waals surface area contributed by atoms with E-state index in [0.717, 1.165) is 18.3 Å². The Labute approximate surface area is 233 Å². The van der Waals surface area contributed by atoms with Gasteiger partial charge in [-0.3, -0.25) is 14.6 Å². The van der Waals surface area contributed by atoms with Crippen molar-refractivity contribution in [3.8, 4) is 0 Å². The molecule has 0 bridgehead atoms. The summed E-state index contributed by atoms with van der Waals surface area (Å²) in [6, 6.07) is 7.90. The van der Waals surface area contributed by atoms with E-state index >= 15 is 0 Å². The maximum atomic E-state index is 13.0. The van der Waals surface area contributed by atoms with Gasteiger partial charge in [-0.05, 0) is 36.4 Å². The van der Waals surface area contributed by atoms with Crippen molar-refractivity contribution in [2.75, 3.05) is 38.7 Å². The summed E-state index contributed by atoms with van der Waals surface area (Å²) < 4.78 is 49.7. The van der Waals surface area contributed by atoms with Crippen LogP contribution in [-0.4, -0.2) is 77.9 Å². The smallest absolute Gasteiger partial charge is 0.384 e. The highest BCUT2D eigenvalue weighted by Gasteiger charge is 2.47. The van der Waals surface area contributed by atoms with Gasteiger partial charge in [-0.25, -0.2) is 4.98 Å². The monoisotopic (exact) mass is 570 g/mol. The van der Waals surface area contributed by atoms with Crippen LogP contribution in [0.4, 0.5) is 19.0 Å². The summed E-state index contributed by atoms with van der Waals surface area (Å²) in [7, 11) is 1.54. The van der Waals surface area contributed by atoms with Crippen molar-refractivity contribution in [2.24, 2.45) is 15.8 Å². The molecule has 0 saturated carbocycles. The average Bonchev–Trinajstić information content (AvgIpc) is 3.28. The Balaban J connectivity index is 1.36. The summed E-state index contributed by atoms with van der Waals surface area (Å²) >= 11 is 0. The molecule has 1 unspecified atom stereocenters. The molecule has 2 aromatic rings. The summed E-state index contributed by atoms with van der Waals surface area (Å²) in [6.45, 7) is 1.39. The van der Waals surface area contributed by atoms with Crippen molar-refractivity contribution in [2.45, 2.75) is 18.7 Å². The molecule has 214 valence electrons. The third-order valence-corrected chi connectivity index (χ3v) is 6.80. The molecule has 4 heterocycles. The van der Waals surface area contributed by atoms with Crippen molar-refractivity contribution in [1.29, 1.82) is 0 Å². The van der Waals surface area contributed by atoms with Crippen LogP contribution in [0.2, 0.25) is 0 Å². The van der Waals surface area contributed by atoms with Gasteiger partial charge in [0.1, 0.15) is 23.8 Å². The number of benzene rings is 1. The summed E-state index contributed by atoms with van der Waals surface area (Å²) in [5, 5.41) is 2.39. The normalized spacial score (nSPS) is 22.0. The second kappa shape index (κ2) is 11.3. The molecule has 2 amide bonds. The number of aromatic nitrogens is 1. The maximum Gasteiger partial charge on any atom is 0.416 e. The molecule has 0 aliphatic carbocycles. The topological polar surface area (TPSA) is 132 Å². The maximum absolute atomic E-state index is 13.0. The lowest BCUT2D eigenvalue weighted by atomic mass is 10.1. The number of morpholine rings is 1. The van der Waals surface area contributed by atoms with Crippen molar-refractivity contribution in [1.82, 2.24) is 9.88 Å². The fourth-order valence-electron chi connectivity index (χ4n) is 4.67. The van der Waals surface area contributed by atoms with Crippen LogP contribution in [-0.2, 0) is 20.4 Å². The molecule has 5 rings (SSSR count). The number of amidine groups is 1. The summed E-state index contributed by atoms with van der Waals surface area (Å²) in [5.41, 5.74) is 0.988. The Kier molecular flexibility index (Phi) is 7.82. The van der Waals surface area contributed by atoms with E-state index in [4.69, 9.17) is 20.3 Å². The number of nitrogens with two attached hydrogens (primary N) is 1. The number of aliphatic imine (C=N–C) groups is 2. The number of methoxy groups -OCH3 is 1. The van der Waals surface area contributed by atoms with E-state index in [9.17, 15) is 22.8 Å². The van der Waals surface area contributed by atoms with Gasteiger partial charge in [0, 0.05) is 25.4 Å². The number of halogens is 3. The molecule has 3 aliphatic heterocycles. The molecule has 41 heavy (non-hydrogen) atoms. The van der Waals surface area contributed by atoms with Crippen LogP contribution in [0.15, 0.2) is 76.4 Å². The van der Waals surface area contributed by atoms with Crippen molar-refractivity contribution < 1.29 is 36.8 Å². The zero-order valence-electron chi connectivity index (χ0n) is 22.0. The van der Waals surface area contributed by atoms with Crippen LogP contribution in [0, 0.1) is 0 Å². The minimum Gasteiger partial charge on any atom is -0.384 e. The van der Waals surface area contributed by atoms with Crippen molar-refractivity contribution in [3.05, 3.63) is 83.1 Å². The number of quaternary nitrogens is 1. The van der Waals surface area contributed by atoms with Gasteiger partial charge < -0.3 is 19.7 Å². The number of pyridine rings is 1. The van der Waals surface area contributed by atoms with Crippen LogP contribution in [0.1, 0.15) is 27.9 Å². The first-order valence-electron chi connectivity index (χ1n) is 12.7. The average molecular weight is 571 g/mol. The lowest BCUT2D eigenvalue weighted by Crippen LogP contribution is -2.53. The molecule has 2 atom stereocenters. The zero-order valence-corrected chi connectivity index (χ0v) is 22.0. The van der Waals surface area contributed by atoms with Crippen molar-refractivity contribution >= 4 is 29.7 Å². The summed E-state index contributed by atoms with van der Waals surface area (Å²) in [6.07, 6.45) is 0.949. The first-order chi connectivity index (χ1) is 19.6. The van der Waals surface area contributed by atoms with Gasteiger partial charge in [0.05, 0.1) is 49.7 Å². The Morgan fingerprint density at radius 2 is 2.02 bits per heavy atom. The number of carbonyl (C=O) groups is 2. The number of fused-ring (bicyclic) bond motifs is 1. The van der Waals surface area contributed by atoms with Crippen molar-refractivity contribution in [3.63, 3.8) is 0 Å². The number of ether oxygens (including phenoxy) is 2. The number of hydrogen-bond donors (Lipinski definition) is 2. The first kappa shape index (κ1) is 28.3. The second-order valence-electron chi connectivity index (χ2n) is 9.46. The third kappa shape index (κ3) is 5.81. The van der Waals surface area contributed by atoms with Crippen LogP contribution >= 0.6 is 0 Å². The number of carbonyl (C=O) groups excluding carboxylic acids is 2. The number of rotatable bonds is 7. The highest BCUT2D eigenvalue weighted by Crippen LogP contribution is 2.34. The lowest BCUT2D eigenvalue weighted by Gasteiger charge is -2.33. The van der Waals surface area contributed by atoms with Crippen LogP contribution in [0.3, 0.4) is 0 Å². The molecule has 14 heteroatoms. The fourth-order valence-corrected chi connectivity index (χ4v) is 4.67. The van der Waals surface area contributed by atoms with E-state index in [1.54, 1.807) is 35.6 Å². The third-order valence-electron chi connectivity index (χ3n) is 6.80. The Morgan fingerprint density at radius 1 is 1.24 bits per heavy atom. The number of hydrogen-bond acceptors (Lipinski definition) is 8. The lowest BCUT2D eigenvalue weighted by molar-refractivity contribution is -0.750. The molecule has 3 N–H and O–H groups in total. The van der Waals surface area contributed by atoms with Gasteiger partial charge in [0.15, 0.2) is 0 Å². The fraction of sp³-hybridized carbons (Fsp3) is 0.296. The van der Waals surface area contributed by atoms with Gasteiger partial charge in [-0.2, -0.15) is 24.0 Å². The van der Waals surface area contributed by atoms with E-state index in [1.807, 2.05) is 0 Å². The van der Waals surface area contributed by atoms with Gasteiger partial charge in [-0.1, -0.05) is 0 Å². The predicted molar refractivity (Wildman–Crippen MR) is 142 cm³/mol. The van der Waals surface area contributed by atoms with E-state index in [2.05, 4.69) is 15.3 Å². The quantitative estimate of drug-likeness (QED) is 0.389. The number of nitrogens with zero attached hydrogens (tertiary/aromatic N) is 5. The van der Waals surface area contributed by atoms with E-state index in [1.165, 1.54) is 19.2 Å². The largest absolute Gasteiger partial charge is 0.416 e. The Hall–Kier alpha value is -4.24. The molecule has 1 saturated heterocycles. The molecule has 1 fully saturated rings. The zero-order chi connectivity index (χ0) is 29.2. The molecule has 1 aromatic carbocycles. The highest BCUT2D eigenvalue weighted by molar-refractivity contribution is 6.05. The predicted octanol–water partition coefficient (Wildman–Crippen LogP) is 2.83. The molecular weight excluding hydrogens is 543 g/mol.